The van der Waals surface area contributed by atoms with Gasteiger partial charge in [0.25, 0.3) is 0 Å². The van der Waals surface area contributed by atoms with Gasteiger partial charge in [0.2, 0.25) is 0 Å². The largest absolute Gasteiger partial charge is 0.384 e. The van der Waals surface area contributed by atoms with Crippen molar-refractivity contribution >= 4 is 28.5 Å². The lowest BCUT2D eigenvalue weighted by Crippen LogP contribution is -2.12. The number of amidine groups is 1. The maximum Gasteiger partial charge on any atom is 0.134 e. The van der Waals surface area contributed by atoms with Gasteiger partial charge in [-0.2, -0.15) is 0 Å². The van der Waals surface area contributed by atoms with Crippen molar-refractivity contribution in [1.29, 1.82) is 5.41 Å². The zero-order valence-corrected chi connectivity index (χ0v) is 12.0. The Bertz CT molecular complexity index is 760. The molecule has 20 heavy (non-hydrogen) atoms. The third kappa shape index (κ3) is 2.37. The average Bonchev–Trinajstić information content (AvgIpc) is 3.09. The van der Waals surface area contributed by atoms with Crippen molar-refractivity contribution in [3.05, 3.63) is 59.2 Å². The summed E-state index contributed by atoms with van der Waals surface area (Å²) in [5, 5.41) is 9.33. The molecule has 2 aromatic heterocycles. The molecule has 2 heterocycles. The normalized spacial score (nSPS) is 10.7. The quantitative estimate of drug-likeness (QED) is 0.540. The minimum atomic E-state index is -0.457. The molecule has 0 bridgehead atoms. The fourth-order valence-electron chi connectivity index (χ4n) is 1.93. The van der Waals surface area contributed by atoms with Crippen molar-refractivity contribution < 1.29 is 4.39 Å². The van der Waals surface area contributed by atoms with Gasteiger partial charge in [0, 0.05) is 14.6 Å². The van der Waals surface area contributed by atoms with E-state index in [1.54, 1.807) is 34.8 Å². The van der Waals surface area contributed by atoms with Gasteiger partial charge < -0.3 is 5.73 Å². The molecule has 0 atom stereocenters. The second-order valence-corrected chi connectivity index (χ2v) is 6.28. The standard InChI is InChI=1S/C15H11FN2S2/c16-11-8-9(3-4-10(11)15(17)18)12-5-6-14(20-12)13-2-1-7-19-13/h1-8H,(H3,17,18). The molecule has 3 aromatic rings. The molecule has 0 radical (unpaired) electrons. The molecule has 5 heteroatoms. The monoisotopic (exact) mass is 302 g/mol. The summed E-state index contributed by atoms with van der Waals surface area (Å²) in [5.41, 5.74) is 6.27. The highest BCUT2D eigenvalue weighted by Crippen LogP contribution is 2.36. The van der Waals surface area contributed by atoms with Gasteiger partial charge in [0.15, 0.2) is 0 Å². The first kappa shape index (κ1) is 13.0. The molecule has 3 N–H and O–H groups in total. The number of hydrogen-bond acceptors (Lipinski definition) is 3. The molecule has 1 aromatic carbocycles. The second-order valence-electron chi connectivity index (χ2n) is 4.25. The van der Waals surface area contributed by atoms with Crippen LogP contribution >= 0.6 is 22.7 Å². The predicted molar refractivity (Wildman–Crippen MR) is 84.0 cm³/mol. The van der Waals surface area contributed by atoms with E-state index in [1.165, 1.54) is 15.8 Å². The van der Waals surface area contributed by atoms with Gasteiger partial charge in [-0.05, 0) is 41.3 Å². The summed E-state index contributed by atoms with van der Waals surface area (Å²) in [6.07, 6.45) is 0. The van der Waals surface area contributed by atoms with Crippen molar-refractivity contribution in [2.45, 2.75) is 0 Å². The van der Waals surface area contributed by atoms with Crippen LogP contribution in [0, 0.1) is 11.2 Å². The molecular weight excluding hydrogens is 291 g/mol. The smallest absolute Gasteiger partial charge is 0.134 e. The molecule has 0 aliphatic heterocycles. The molecule has 0 saturated carbocycles. The van der Waals surface area contributed by atoms with Crippen molar-refractivity contribution in [3.63, 3.8) is 0 Å². The van der Waals surface area contributed by atoms with Gasteiger partial charge in [0.1, 0.15) is 11.7 Å². The summed E-state index contributed by atoms with van der Waals surface area (Å²) >= 11 is 3.31. The number of rotatable bonds is 3. The number of nitrogen functional groups attached to an aromatic ring is 1. The number of halogens is 1. The van der Waals surface area contributed by atoms with Gasteiger partial charge in [-0.3, -0.25) is 5.41 Å². The fourth-order valence-corrected chi connectivity index (χ4v) is 3.77. The summed E-state index contributed by atoms with van der Waals surface area (Å²) < 4.78 is 13.9. The lowest BCUT2D eigenvalue weighted by atomic mass is 10.1. The van der Waals surface area contributed by atoms with Gasteiger partial charge >= 0.3 is 0 Å². The number of hydrogen-bond donors (Lipinski definition) is 2. The molecule has 0 amide bonds. The minimum absolute atomic E-state index is 0.142. The van der Waals surface area contributed by atoms with E-state index >= 15 is 0 Å². The van der Waals surface area contributed by atoms with Crippen LogP contribution in [0.1, 0.15) is 5.56 Å². The molecule has 0 fully saturated rings. The molecule has 3 rings (SSSR count). The Morgan fingerprint density at radius 1 is 1.05 bits per heavy atom. The lowest BCUT2D eigenvalue weighted by molar-refractivity contribution is 0.625. The van der Waals surface area contributed by atoms with E-state index in [9.17, 15) is 4.39 Å². The van der Waals surface area contributed by atoms with Gasteiger partial charge in [-0.1, -0.05) is 12.1 Å². The van der Waals surface area contributed by atoms with E-state index in [2.05, 4.69) is 6.07 Å². The fraction of sp³-hybridized carbons (Fsp3) is 0. The van der Waals surface area contributed by atoms with E-state index in [0.717, 1.165) is 10.4 Å². The molecule has 2 nitrogen and oxygen atoms in total. The molecule has 0 aliphatic rings. The predicted octanol–water partition coefficient (Wildman–Crippen LogP) is 4.57. The summed E-state index contributed by atoms with van der Waals surface area (Å²) in [6.45, 7) is 0. The minimum Gasteiger partial charge on any atom is -0.384 e. The summed E-state index contributed by atoms with van der Waals surface area (Å²) in [5.74, 6) is -0.708. The van der Waals surface area contributed by atoms with E-state index in [1.807, 2.05) is 23.6 Å². The number of nitrogens with one attached hydrogen (secondary N) is 1. The first-order chi connectivity index (χ1) is 9.65. The summed E-state index contributed by atoms with van der Waals surface area (Å²) in [7, 11) is 0. The van der Waals surface area contributed by atoms with E-state index in [0.29, 0.717) is 0 Å². The van der Waals surface area contributed by atoms with Crippen LogP contribution < -0.4 is 5.73 Å². The first-order valence-electron chi connectivity index (χ1n) is 5.93. The van der Waals surface area contributed by atoms with Crippen LogP contribution in [0.5, 0.6) is 0 Å². The van der Waals surface area contributed by atoms with Crippen LogP contribution in [0.4, 0.5) is 4.39 Å². The molecule has 0 unspecified atom stereocenters. The maximum atomic E-state index is 13.9. The van der Waals surface area contributed by atoms with Crippen LogP contribution in [0.25, 0.3) is 20.2 Å². The van der Waals surface area contributed by atoms with Crippen LogP contribution in [-0.2, 0) is 0 Å². The topological polar surface area (TPSA) is 49.9 Å². The third-order valence-electron chi connectivity index (χ3n) is 2.91. The summed E-state index contributed by atoms with van der Waals surface area (Å²) in [4.78, 5) is 3.38. The van der Waals surface area contributed by atoms with Crippen molar-refractivity contribution in [1.82, 2.24) is 0 Å². The Labute approximate surface area is 123 Å². The van der Waals surface area contributed by atoms with Gasteiger partial charge in [-0.25, -0.2) is 4.39 Å². The zero-order valence-electron chi connectivity index (χ0n) is 10.4. The summed E-state index contributed by atoms with van der Waals surface area (Å²) in [6, 6.07) is 12.9. The van der Waals surface area contributed by atoms with E-state index < -0.39 is 5.82 Å². The Kier molecular flexibility index (Phi) is 3.38. The van der Waals surface area contributed by atoms with E-state index in [-0.39, 0.29) is 11.4 Å². The number of thiophene rings is 2. The first-order valence-corrected chi connectivity index (χ1v) is 7.63. The Hall–Kier alpha value is -1.98. The van der Waals surface area contributed by atoms with Gasteiger partial charge in [0.05, 0.1) is 5.56 Å². The van der Waals surface area contributed by atoms with E-state index in [4.69, 9.17) is 11.1 Å². The van der Waals surface area contributed by atoms with Crippen LogP contribution in [0.15, 0.2) is 47.8 Å². The number of benzene rings is 1. The molecule has 0 spiro atoms. The van der Waals surface area contributed by atoms with Crippen LogP contribution in [0.3, 0.4) is 0 Å². The van der Waals surface area contributed by atoms with Crippen molar-refractivity contribution in [3.8, 4) is 20.2 Å². The molecule has 0 aliphatic carbocycles. The SMILES string of the molecule is N=C(N)c1ccc(-c2ccc(-c3cccs3)s2)cc1F. The average molecular weight is 302 g/mol. The zero-order chi connectivity index (χ0) is 14.1. The highest BCUT2D eigenvalue weighted by atomic mass is 32.1. The Balaban J connectivity index is 1.98. The van der Waals surface area contributed by atoms with Gasteiger partial charge in [-0.15, -0.1) is 22.7 Å². The second kappa shape index (κ2) is 5.19. The van der Waals surface area contributed by atoms with Crippen LogP contribution in [-0.4, -0.2) is 5.84 Å². The molecule has 100 valence electrons. The maximum absolute atomic E-state index is 13.9. The Morgan fingerprint density at radius 3 is 2.50 bits per heavy atom. The number of nitrogens with two attached hydrogens (primary N) is 1. The van der Waals surface area contributed by atoms with Crippen molar-refractivity contribution in [2.75, 3.05) is 0 Å². The molecular formula is C15H11FN2S2. The Morgan fingerprint density at radius 2 is 1.85 bits per heavy atom. The van der Waals surface area contributed by atoms with Crippen molar-refractivity contribution in [2.24, 2.45) is 5.73 Å². The lowest BCUT2D eigenvalue weighted by Gasteiger charge is -2.03. The molecule has 0 saturated heterocycles. The third-order valence-corrected chi connectivity index (χ3v) is 5.11. The highest BCUT2D eigenvalue weighted by Gasteiger charge is 2.10. The highest BCUT2D eigenvalue weighted by molar-refractivity contribution is 7.23. The van der Waals surface area contributed by atoms with Crippen LogP contribution in [0.2, 0.25) is 0 Å².